The Kier molecular flexibility index (Phi) is 11.9. The van der Waals surface area contributed by atoms with Crippen LogP contribution in [0.1, 0.15) is 38.3 Å². The summed E-state index contributed by atoms with van der Waals surface area (Å²) >= 11 is 2.02. The minimum Gasteiger partial charge on any atom is -0.477 e. The van der Waals surface area contributed by atoms with E-state index in [1.54, 1.807) is 0 Å². The molecule has 0 bridgehead atoms. The number of hydrogen-bond acceptors (Lipinski definition) is 14. The topological polar surface area (TPSA) is 312 Å². The van der Waals surface area contributed by atoms with E-state index in [9.17, 15) is 62.9 Å². The van der Waals surface area contributed by atoms with Crippen LogP contribution in [0.2, 0.25) is 0 Å². The molecule has 1 saturated heterocycles. The van der Waals surface area contributed by atoms with E-state index in [1.165, 1.54) is 5.38 Å². The van der Waals surface area contributed by atoms with Crippen LogP contribution >= 0.6 is 38.3 Å². The first-order chi connectivity index (χ1) is 21.3. The van der Waals surface area contributed by atoms with Gasteiger partial charge in [0.05, 0.1) is 0 Å². The van der Waals surface area contributed by atoms with Crippen LogP contribution in [-0.2, 0) is 42.7 Å². The number of unbranched alkanes of at least 4 members (excludes halogenated alkanes) is 1. The molecule has 0 aromatic carbocycles. The number of esters is 1. The molecule has 20 nitrogen and oxygen atoms in total. The lowest BCUT2D eigenvalue weighted by Crippen LogP contribution is -2.71. The lowest BCUT2D eigenvalue weighted by atomic mass is 10.0. The highest BCUT2D eigenvalue weighted by atomic mass is 32.2. The van der Waals surface area contributed by atoms with Gasteiger partial charge in [0.2, 0.25) is 5.91 Å². The molecule has 1 aromatic rings. The predicted molar refractivity (Wildman–Crippen MR) is 158 cm³/mol. The number of nitrogens with zero attached hydrogens (tertiary/aromatic N) is 3. The summed E-state index contributed by atoms with van der Waals surface area (Å²) in [6, 6.07) is -1.14. The molecule has 3 amide bonds. The summed E-state index contributed by atoms with van der Waals surface area (Å²) in [6.45, 7) is 0.836. The molecule has 46 heavy (non-hydrogen) atoms. The highest BCUT2D eigenvalue weighted by molar-refractivity contribution is 8.00. The van der Waals surface area contributed by atoms with Gasteiger partial charge in [0.1, 0.15) is 36.5 Å². The van der Waals surface area contributed by atoms with Crippen LogP contribution in [0.5, 0.6) is 0 Å². The van der Waals surface area contributed by atoms with Gasteiger partial charge < -0.3 is 50.0 Å². The van der Waals surface area contributed by atoms with Crippen LogP contribution in [-0.4, -0.2) is 111 Å². The SMILES string of the molecule is CO/N=C(\C(=O)N[C@@H]1C(=O)N2C(C(=O)O)=C(COC(C)=O)CS[C@@H]12)c1csc(NC(=O)CCCCC(O)(P(=O)(O)O)P(=O)(O)O)n1. The van der Waals surface area contributed by atoms with Crippen molar-refractivity contribution in [3.05, 3.63) is 22.3 Å². The molecule has 254 valence electrons. The van der Waals surface area contributed by atoms with E-state index >= 15 is 0 Å². The van der Waals surface area contributed by atoms with Crippen molar-refractivity contribution in [2.75, 3.05) is 24.8 Å². The number of thiazole rings is 1. The Hall–Kier alpha value is -3.20. The van der Waals surface area contributed by atoms with Gasteiger partial charge in [-0.2, -0.15) is 0 Å². The molecule has 8 N–H and O–H groups in total. The lowest BCUT2D eigenvalue weighted by molar-refractivity contribution is -0.150. The Balaban J connectivity index is 1.61. The first-order valence-electron chi connectivity index (χ1n) is 12.9. The van der Waals surface area contributed by atoms with Gasteiger partial charge in [-0.15, -0.1) is 23.1 Å². The highest BCUT2D eigenvalue weighted by Gasteiger charge is 2.58. The summed E-state index contributed by atoms with van der Waals surface area (Å²) in [5, 5.41) is 25.1. The summed E-state index contributed by atoms with van der Waals surface area (Å²) in [6.07, 6.45) is -1.73. The fourth-order valence-corrected chi connectivity index (χ4v) is 8.51. The maximum absolute atomic E-state index is 13.1. The zero-order valence-electron chi connectivity index (χ0n) is 23.9. The van der Waals surface area contributed by atoms with Gasteiger partial charge in [0.15, 0.2) is 10.8 Å². The monoisotopic (exact) mass is 729 g/mol. The number of thioether (sulfide) groups is 1. The van der Waals surface area contributed by atoms with Gasteiger partial charge in [-0.3, -0.25) is 33.2 Å². The molecule has 3 heterocycles. The second kappa shape index (κ2) is 14.7. The largest absolute Gasteiger partial charge is 0.477 e. The number of amides is 3. The summed E-state index contributed by atoms with van der Waals surface area (Å²) in [5.74, 6) is -4.22. The Morgan fingerprint density at radius 1 is 1.17 bits per heavy atom. The average molecular weight is 730 g/mol. The summed E-state index contributed by atoms with van der Waals surface area (Å²) < 4.78 is 27.7. The fraction of sp³-hybridized carbons (Fsp3) is 0.500. The number of carbonyl (C=O) groups excluding carboxylic acids is 4. The number of oxime groups is 1. The van der Waals surface area contributed by atoms with Crippen molar-refractivity contribution in [3.8, 4) is 0 Å². The second-order valence-corrected chi connectivity index (χ2v) is 15.6. The minimum absolute atomic E-state index is 0.0104. The third-order valence-corrected chi connectivity index (χ3v) is 12.4. The van der Waals surface area contributed by atoms with Crippen LogP contribution < -0.4 is 10.6 Å². The van der Waals surface area contributed by atoms with Crippen molar-refractivity contribution in [1.29, 1.82) is 0 Å². The summed E-state index contributed by atoms with van der Waals surface area (Å²) in [5.41, 5.74) is -0.581. The molecule has 1 fully saturated rings. The van der Waals surface area contributed by atoms with E-state index in [4.69, 9.17) is 9.57 Å². The number of carboxylic acid groups (broad SMARTS) is 1. The van der Waals surface area contributed by atoms with Crippen LogP contribution in [0.15, 0.2) is 21.8 Å². The van der Waals surface area contributed by atoms with Crippen LogP contribution in [0.3, 0.4) is 0 Å². The minimum atomic E-state index is -5.62. The fourth-order valence-electron chi connectivity index (χ4n) is 4.22. The number of ether oxygens (including phenoxy) is 1. The molecule has 1 aromatic heterocycles. The van der Waals surface area contributed by atoms with Crippen molar-refractivity contribution in [2.24, 2.45) is 5.16 Å². The molecule has 0 spiro atoms. The predicted octanol–water partition coefficient (Wildman–Crippen LogP) is -0.704. The van der Waals surface area contributed by atoms with Crippen LogP contribution in [0.4, 0.5) is 5.13 Å². The van der Waals surface area contributed by atoms with Crippen molar-refractivity contribution in [1.82, 2.24) is 15.2 Å². The summed E-state index contributed by atoms with van der Waals surface area (Å²) in [7, 11) is -10.1. The third kappa shape index (κ3) is 8.20. The molecular formula is C22H29N5O15P2S2. The van der Waals surface area contributed by atoms with Crippen LogP contribution in [0.25, 0.3) is 0 Å². The molecule has 3 rings (SSSR count). The summed E-state index contributed by atoms with van der Waals surface area (Å²) in [4.78, 5) is 108. The molecule has 24 heteroatoms. The van der Waals surface area contributed by atoms with Gasteiger partial charge in [0, 0.05) is 30.1 Å². The molecule has 0 radical (unpaired) electrons. The smallest absolute Gasteiger partial charge is 0.369 e. The zero-order chi connectivity index (χ0) is 34.6. The lowest BCUT2D eigenvalue weighted by Gasteiger charge is -2.49. The number of carbonyl (C=O) groups is 5. The van der Waals surface area contributed by atoms with Gasteiger partial charge >= 0.3 is 27.1 Å². The van der Waals surface area contributed by atoms with E-state index in [2.05, 4.69) is 20.8 Å². The molecule has 2 atom stereocenters. The van der Waals surface area contributed by atoms with Crippen molar-refractivity contribution < 1.29 is 72.5 Å². The number of aromatic nitrogens is 1. The van der Waals surface area contributed by atoms with Crippen molar-refractivity contribution in [2.45, 2.75) is 49.1 Å². The highest BCUT2D eigenvalue weighted by Crippen LogP contribution is 2.69. The number of nitrogens with one attached hydrogen (secondary N) is 2. The Bertz CT molecular complexity index is 1550. The molecule has 0 unspecified atom stereocenters. The standard InChI is InChI=1S/C22H29N5O15P2S2/c1-10(28)42-7-11-8-45-19-15(18(31)27(19)16(11)20(32)33)25-17(30)14(26-41-2)12-9-46-21(23-12)24-13(29)5-3-4-6-22(34,43(35,36)37)44(38,39)40/h9,15,19,34H,3-8H2,1-2H3,(H,25,30)(H,32,33)(H,23,24,29)(H2,35,36,37)(H2,38,39,40)/b26-14-/t15-,19+/m1/s1. The Morgan fingerprint density at radius 3 is 2.39 bits per heavy atom. The normalized spacial score (nSPS) is 18.8. The molecule has 0 saturated carbocycles. The number of aliphatic hydroxyl groups is 1. The Morgan fingerprint density at radius 2 is 1.83 bits per heavy atom. The van der Waals surface area contributed by atoms with E-state index < -0.39 is 67.8 Å². The quantitative estimate of drug-likeness (QED) is 0.0276. The number of β-lactam (4-membered cyclic amide) rings is 1. The second-order valence-electron chi connectivity index (χ2n) is 9.68. The first-order valence-corrected chi connectivity index (χ1v) is 18.0. The maximum Gasteiger partial charge on any atom is 0.369 e. The first kappa shape index (κ1) is 37.3. The molecule has 2 aliphatic heterocycles. The van der Waals surface area contributed by atoms with Gasteiger partial charge in [-0.05, 0) is 19.3 Å². The van der Waals surface area contributed by atoms with Crippen LogP contribution in [0, 0.1) is 0 Å². The Labute approximate surface area is 267 Å². The average Bonchev–Trinajstić information content (AvgIpc) is 3.41. The number of anilines is 1. The van der Waals surface area contributed by atoms with E-state index in [0.717, 1.165) is 42.0 Å². The molecule has 0 aliphatic carbocycles. The van der Waals surface area contributed by atoms with E-state index in [0.29, 0.717) is 0 Å². The van der Waals surface area contributed by atoms with Gasteiger partial charge in [-0.25, -0.2) is 9.78 Å². The van der Waals surface area contributed by atoms with Crippen molar-refractivity contribution >= 4 is 78.8 Å². The number of rotatable bonds is 15. The number of fused-ring (bicyclic) bond motifs is 1. The number of hydrogen-bond donors (Lipinski definition) is 8. The number of aliphatic carboxylic acids is 1. The van der Waals surface area contributed by atoms with E-state index in [-0.39, 0.29) is 59.4 Å². The zero-order valence-corrected chi connectivity index (χ0v) is 27.3. The molecular weight excluding hydrogens is 700 g/mol. The molecule has 2 aliphatic rings. The number of carboxylic acids is 1. The van der Waals surface area contributed by atoms with Gasteiger partial charge in [0.25, 0.3) is 16.9 Å². The van der Waals surface area contributed by atoms with Gasteiger partial charge in [-0.1, -0.05) is 5.16 Å². The third-order valence-electron chi connectivity index (χ3n) is 6.48. The maximum atomic E-state index is 13.1. The van der Waals surface area contributed by atoms with Crippen molar-refractivity contribution in [3.63, 3.8) is 0 Å². The van der Waals surface area contributed by atoms with E-state index in [1.807, 2.05) is 0 Å².